The summed E-state index contributed by atoms with van der Waals surface area (Å²) in [6.45, 7) is 4.10. The molecule has 0 aliphatic rings. The zero-order valence-electron chi connectivity index (χ0n) is 10.1. The first kappa shape index (κ1) is 11.6. The number of rotatable bonds is 3. The molecule has 0 aliphatic heterocycles. The van der Waals surface area contributed by atoms with E-state index in [0.717, 1.165) is 11.3 Å². The molecule has 2 N–H and O–H groups in total. The van der Waals surface area contributed by atoms with Crippen molar-refractivity contribution in [3.05, 3.63) is 29.6 Å². The summed E-state index contributed by atoms with van der Waals surface area (Å²) in [6.07, 6.45) is 0. The number of carbonyl (C=O) groups excluding carboxylic acids is 1. The third kappa shape index (κ3) is 2.14. The zero-order chi connectivity index (χ0) is 12.4. The largest absolute Gasteiger partial charge is 0.342 e. The molecule has 90 valence electrons. The molecule has 1 heterocycles. The Balaban J connectivity index is 2.53. The van der Waals surface area contributed by atoms with Gasteiger partial charge < -0.3 is 4.98 Å². The van der Waals surface area contributed by atoms with Gasteiger partial charge in [-0.05, 0) is 12.1 Å². The minimum absolute atomic E-state index is 0.292. The van der Waals surface area contributed by atoms with Crippen molar-refractivity contribution in [3.63, 3.8) is 0 Å². The predicted octanol–water partition coefficient (Wildman–Crippen LogP) is 1.98. The normalized spacial score (nSPS) is 11.1. The number of imidazole rings is 1. The number of nitrogens with one attached hydrogen (secondary N) is 2. The van der Waals surface area contributed by atoms with E-state index in [4.69, 9.17) is 0 Å². The van der Waals surface area contributed by atoms with Gasteiger partial charge in [-0.3, -0.25) is 9.63 Å². The average molecular weight is 233 g/mol. The molecule has 0 atom stereocenters. The molecule has 17 heavy (non-hydrogen) atoms. The Kier molecular flexibility index (Phi) is 3.10. The molecular weight excluding hydrogens is 218 g/mol. The Labute approximate surface area is 99.1 Å². The van der Waals surface area contributed by atoms with Crippen molar-refractivity contribution in [1.82, 2.24) is 15.4 Å². The summed E-state index contributed by atoms with van der Waals surface area (Å²) in [5, 5.41) is 0. The van der Waals surface area contributed by atoms with Gasteiger partial charge in [0.2, 0.25) is 0 Å². The highest BCUT2D eigenvalue weighted by Gasteiger charge is 2.14. The molecule has 1 aromatic carbocycles. The molecule has 0 unspecified atom stereocenters. The lowest BCUT2D eigenvalue weighted by Gasteiger charge is -2.01. The molecule has 0 aliphatic carbocycles. The third-order valence-corrected chi connectivity index (χ3v) is 2.52. The molecule has 2 aromatic rings. The molecular formula is C12H15N3O2. The van der Waals surface area contributed by atoms with Gasteiger partial charge in [0, 0.05) is 5.92 Å². The first-order valence-corrected chi connectivity index (χ1v) is 5.45. The summed E-state index contributed by atoms with van der Waals surface area (Å²) < 4.78 is 0. The fourth-order valence-corrected chi connectivity index (χ4v) is 1.66. The average Bonchev–Trinajstić information content (AvgIpc) is 2.72. The first-order valence-electron chi connectivity index (χ1n) is 5.45. The number of hydrogen-bond acceptors (Lipinski definition) is 3. The Morgan fingerprint density at radius 3 is 2.88 bits per heavy atom. The molecule has 1 aromatic heterocycles. The standard InChI is InChI=1S/C12H15N3O2/c1-7(2)11-13-9-6-4-5-8(10(9)14-11)12(16)15-17-3/h4-7H,1-3H3,(H,13,14)(H,15,16). The number of aromatic amines is 1. The lowest BCUT2D eigenvalue weighted by molar-refractivity contribution is 0.0539. The number of aromatic nitrogens is 2. The number of carbonyl (C=O) groups is 1. The highest BCUT2D eigenvalue weighted by atomic mass is 16.6. The van der Waals surface area contributed by atoms with Gasteiger partial charge in [0.1, 0.15) is 11.3 Å². The van der Waals surface area contributed by atoms with E-state index in [9.17, 15) is 4.79 Å². The van der Waals surface area contributed by atoms with Gasteiger partial charge in [0.05, 0.1) is 18.2 Å². The predicted molar refractivity (Wildman–Crippen MR) is 64.7 cm³/mol. The van der Waals surface area contributed by atoms with Crippen molar-refractivity contribution >= 4 is 16.9 Å². The molecule has 1 amide bonds. The fraction of sp³-hybridized carbons (Fsp3) is 0.333. The maximum Gasteiger partial charge on any atom is 0.277 e. The van der Waals surface area contributed by atoms with Gasteiger partial charge >= 0.3 is 0 Å². The van der Waals surface area contributed by atoms with Gasteiger partial charge in [-0.1, -0.05) is 19.9 Å². The van der Waals surface area contributed by atoms with Crippen LogP contribution in [0.2, 0.25) is 0 Å². The first-order chi connectivity index (χ1) is 8.13. The Hall–Kier alpha value is -1.88. The Morgan fingerprint density at radius 2 is 2.24 bits per heavy atom. The third-order valence-electron chi connectivity index (χ3n) is 2.52. The van der Waals surface area contributed by atoms with Crippen molar-refractivity contribution < 1.29 is 9.63 Å². The van der Waals surface area contributed by atoms with Crippen LogP contribution in [0, 0.1) is 0 Å². The number of para-hydroxylation sites is 1. The molecule has 5 nitrogen and oxygen atoms in total. The van der Waals surface area contributed by atoms with Crippen LogP contribution in [0.5, 0.6) is 0 Å². The van der Waals surface area contributed by atoms with Crippen LogP contribution in [0.1, 0.15) is 35.9 Å². The fourth-order valence-electron chi connectivity index (χ4n) is 1.66. The highest BCUT2D eigenvalue weighted by Crippen LogP contribution is 2.20. The second kappa shape index (κ2) is 4.55. The molecule has 0 fully saturated rings. The van der Waals surface area contributed by atoms with Crippen molar-refractivity contribution in [3.8, 4) is 0 Å². The van der Waals surface area contributed by atoms with E-state index in [1.807, 2.05) is 26.0 Å². The van der Waals surface area contributed by atoms with Crippen molar-refractivity contribution in [2.75, 3.05) is 7.11 Å². The summed E-state index contributed by atoms with van der Waals surface area (Å²) in [4.78, 5) is 24.0. The molecule has 2 rings (SSSR count). The number of fused-ring (bicyclic) bond motifs is 1. The van der Waals surface area contributed by atoms with Crippen molar-refractivity contribution in [2.24, 2.45) is 0 Å². The van der Waals surface area contributed by atoms with Crippen LogP contribution in [-0.2, 0) is 4.84 Å². The van der Waals surface area contributed by atoms with E-state index in [1.54, 1.807) is 6.07 Å². The molecule has 0 spiro atoms. The number of H-pyrrole nitrogens is 1. The maximum atomic E-state index is 11.7. The summed E-state index contributed by atoms with van der Waals surface area (Å²) in [5.74, 6) is 0.873. The summed E-state index contributed by atoms with van der Waals surface area (Å²) in [5.41, 5.74) is 4.34. The molecule has 5 heteroatoms. The van der Waals surface area contributed by atoms with Gasteiger partial charge in [0.15, 0.2) is 0 Å². The smallest absolute Gasteiger partial charge is 0.277 e. The molecule has 0 saturated heterocycles. The van der Waals surface area contributed by atoms with Crippen LogP contribution in [0.4, 0.5) is 0 Å². The van der Waals surface area contributed by atoms with Gasteiger partial charge in [-0.15, -0.1) is 0 Å². The highest BCUT2D eigenvalue weighted by molar-refractivity contribution is 6.04. The van der Waals surface area contributed by atoms with Crippen molar-refractivity contribution in [2.45, 2.75) is 19.8 Å². The van der Waals surface area contributed by atoms with Crippen LogP contribution in [0.3, 0.4) is 0 Å². The van der Waals surface area contributed by atoms with Crippen LogP contribution in [0.15, 0.2) is 18.2 Å². The van der Waals surface area contributed by atoms with E-state index in [1.165, 1.54) is 7.11 Å². The summed E-state index contributed by atoms with van der Waals surface area (Å²) in [6, 6.07) is 5.44. The quantitative estimate of drug-likeness (QED) is 0.796. The molecule has 0 bridgehead atoms. The Bertz CT molecular complexity index is 546. The number of benzene rings is 1. The maximum absolute atomic E-state index is 11.7. The van der Waals surface area contributed by atoms with Gasteiger partial charge in [-0.2, -0.15) is 0 Å². The molecule has 0 radical (unpaired) electrons. The minimum Gasteiger partial charge on any atom is -0.342 e. The summed E-state index contributed by atoms with van der Waals surface area (Å²) in [7, 11) is 1.40. The lowest BCUT2D eigenvalue weighted by atomic mass is 10.2. The topological polar surface area (TPSA) is 67.0 Å². The van der Waals surface area contributed by atoms with E-state index in [2.05, 4.69) is 20.3 Å². The van der Waals surface area contributed by atoms with E-state index < -0.39 is 0 Å². The Morgan fingerprint density at radius 1 is 1.47 bits per heavy atom. The van der Waals surface area contributed by atoms with Crippen LogP contribution >= 0.6 is 0 Å². The van der Waals surface area contributed by atoms with E-state index in [0.29, 0.717) is 17.0 Å². The lowest BCUT2D eigenvalue weighted by Crippen LogP contribution is -2.22. The monoisotopic (exact) mass is 233 g/mol. The molecule has 0 saturated carbocycles. The van der Waals surface area contributed by atoms with Gasteiger partial charge in [0.25, 0.3) is 5.91 Å². The second-order valence-corrected chi connectivity index (χ2v) is 4.11. The number of amides is 1. The van der Waals surface area contributed by atoms with Crippen LogP contribution in [-0.4, -0.2) is 23.0 Å². The SMILES string of the molecule is CONC(=O)c1cccc2[nH]c(C(C)C)nc12. The van der Waals surface area contributed by atoms with E-state index >= 15 is 0 Å². The van der Waals surface area contributed by atoms with Crippen molar-refractivity contribution in [1.29, 1.82) is 0 Å². The number of nitrogens with zero attached hydrogens (tertiary/aromatic N) is 1. The van der Waals surface area contributed by atoms with E-state index in [-0.39, 0.29) is 5.91 Å². The van der Waals surface area contributed by atoms with Gasteiger partial charge in [-0.25, -0.2) is 10.5 Å². The van der Waals surface area contributed by atoms with Crippen LogP contribution in [0.25, 0.3) is 11.0 Å². The number of hydroxylamine groups is 1. The minimum atomic E-state index is -0.292. The zero-order valence-corrected chi connectivity index (χ0v) is 10.1. The van der Waals surface area contributed by atoms with Crippen LogP contribution < -0.4 is 5.48 Å². The second-order valence-electron chi connectivity index (χ2n) is 4.11. The number of hydrogen-bond donors (Lipinski definition) is 2. The summed E-state index contributed by atoms with van der Waals surface area (Å²) >= 11 is 0.